The average Bonchev–Trinajstić information content (AvgIpc) is 2.14. The van der Waals surface area contributed by atoms with Crippen LogP contribution in [0.2, 0.25) is 0 Å². The average molecular weight is 213 g/mol. The summed E-state index contributed by atoms with van der Waals surface area (Å²) in [6.45, 7) is 4.18. The molecule has 0 amide bonds. The van der Waals surface area contributed by atoms with E-state index in [-0.39, 0.29) is 6.04 Å². The molecular weight excluding hydrogens is 196 g/mol. The van der Waals surface area contributed by atoms with Crippen molar-refractivity contribution in [3.05, 3.63) is 35.4 Å². The molecule has 0 aliphatic heterocycles. The van der Waals surface area contributed by atoms with Crippen molar-refractivity contribution < 1.29 is 8.78 Å². The SMILES string of the molecule is CC(C)CCC(N)c1ccc(F)cc1F. The number of benzene rings is 1. The quantitative estimate of drug-likeness (QED) is 0.815. The van der Waals surface area contributed by atoms with Gasteiger partial charge in [0.2, 0.25) is 0 Å². The van der Waals surface area contributed by atoms with E-state index in [1.807, 2.05) is 0 Å². The molecule has 1 rings (SSSR count). The second-order valence-electron chi connectivity index (χ2n) is 4.24. The summed E-state index contributed by atoms with van der Waals surface area (Å²) in [5.41, 5.74) is 6.23. The normalized spacial score (nSPS) is 13.2. The van der Waals surface area contributed by atoms with Crippen LogP contribution in [0.1, 0.15) is 38.3 Å². The maximum Gasteiger partial charge on any atom is 0.130 e. The third kappa shape index (κ3) is 3.59. The van der Waals surface area contributed by atoms with E-state index >= 15 is 0 Å². The Morgan fingerprint density at radius 3 is 2.40 bits per heavy atom. The zero-order valence-electron chi connectivity index (χ0n) is 9.13. The summed E-state index contributed by atoms with van der Waals surface area (Å²) in [4.78, 5) is 0. The van der Waals surface area contributed by atoms with Gasteiger partial charge >= 0.3 is 0 Å². The van der Waals surface area contributed by atoms with Gasteiger partial charge in [-0.05, 0) is 24.8 Å². The molecule has 84 valence electrons. The van der Waals surface area contributed by atoms with E-state index in [9.17, 15) is 8.78 Å². The van der Waals surface area contributed by atoms with Crippen LogP contribution in [0.5, 0.6) is 0 Å². The van der Waals surface area contributed by atoms with Gasteiger partial charge in [-0.2, -0.15) is 0 Å². The number of rotatable bonds is 4. The van der Waals surface area contributed by atoms with Gasteiger partial charge in [0.1, 0.15) is 11.6 Å². The Bertz CT molecular complexity index is 323. The largest absolute Gasteiger partial charge is 0.324 e. The summed E-state index contributed by atoms with van der Waals surface area (Å²) >= 11 is 0. The van der Waals surface area contributed by atoms with E-state index in [0.717, 1.165) is 18.9 Å². The summed E-state index contributed by atoms with van der Waals surface area (Å²) in [6.07, 6.45) is 1.66. The fourth-order valence-corrected chi connectivity index (χ4v) is 1.47. The van der Waals surface area contributed by atoms with Gasteiger partial charge in [0.15, 0.2) is 0 Å². The van der Waals surface area contributed by atoms with Gasteiger partial charge in [0.05, 0.1) is 0 Å². The molecule has 0 radical (unpaired) electrons. The highest BCUT2D eigenvalue weighted by Gasteiger charge is 2.12. The van der Waals surface area contributed by atoms with Crippen LogP contribution >= 0.6 is 0 Å². The molecule has 0 aliphatic rings. The first-order chi connectivity index (χ1) is 7.00. The van der Waals surface area contributed by atoms with Gasteiger partial charge in [-0.3, -0.25) is 0 Å². The van der Waals surface area contributed by atoms with Crippen molar-refractivity contribution in [2.75, 3.05) is 0 Å². The number of halogens is 2. The van der Waals surface area contributed by atoms with E-state index in [1.165, 1.54) is 12.1 Å². The summed E-state index contributed by atoms with van der Waals surface area (Å²) in [7, 11) is 0. The lowest BCUT2D eigenvalue weighted by molar-refractivity contribution is 0.487. The maximum absolute atomic E-state index is 13.3. The van der Waals surface area contributed by atoms with Crippen molar-refractivity contribution in [3.63, 3.8) is 0 Å². The maximum atomic E-state index is 13.3. The minimum absolute atomic E-state index is 0.340. The van der Waals surface area contributed by atoms with Gasteiger partial charge < -0.3 is 5.73 Å². The fourth-order valence-electron chi connectivity index (χ4n) is 1.47. The molecule has 0 aliphatic carbocycles. The van der Waals surface area contributed by atoms with E-state index in [1.54, 1.807) is 0 Å². The first kappa shape index (κ1) is 12.1. The number of hydrogen-bond donors (Lipinski definition) is 1. The molecule has 1 nitrogen and oxygen atoms in total. The highest BCUT2D eigenvalue weighted by atomic mass is 19.1. The molecule has 3 heteroatoms. The van der Waals surface area contributed by atoms with Crippen molar-refractivity contribution in [1.82, 2.24) is 0 Å². The lowest BCUT2D eigenvalue weighted by Crippen LogP contribution is -2.13. The molecule has 0 saturated heterocycles. The van der Waals surface area contributed by atoms with Crippen molar-refractivity contribution in [1.29, 1.82) is 0 Å². The highest BCUT2D eigenvalue weighted by Crippen LogP contribution is 2.21. The Kier molecular flexibility index (Phi) is 4.21. The Balaban J connectivity index is 2.69. The topological polar surface area (TPSA) is 26.0 Å². The molecular formula is C12H17F2N. The molecule has 1 aromatic carbocycles. The predicted molar refractivity (Wildman–Crippen MR) is 57.4 cm³/mol. The monoisotopic (exact) mass is 213 g/mol. The molecule has 0 saturated carbocycles. The molecule has 0 bridgehead atoms. The lowest BCUT2D eigenvalue weighted by atomic mass is 9.98. The Morgan fingerprint density at radius 2 is 1.87 bits per heavy atom. The Morgan fingerprint density at radius 1 is 1.20 bits per heavy atom. The zero-order valence-corrected chi connectivity index (χ0v) is 9.13. The minimum atomic E-state index is -0.563. The predicted octanol–water partition coefficient (Wildman–Crippen LogP) is 3.40. The Hall–Kier alpha value is -0.960. The van der Waals surface area contributed by atoms with Crippen LogP contribution in [-0.2, 0) is 0 Å². The van der Waals surface area contributed by atoms with Crippen molar-refractivity contribution in [3.8, 4) is 0 Å². The molecule has 1 unspecified atom stereocenters. The smallest absolute Gasteiger partial charge is 0.130 e. The zero-order chi connectivity index (χ0) is 11.4. The van der Waals surface area contributed by atoms with E-state index in [2.05, 4.69) is 13.8 Å². The molecule has 0 fully saturated rings. The second-order valence-corrected chi connectivity index (χ2v) is 4.24. The molecule has 0 heterocycles. The minimum Gasteiger partial charge on any atom is -0.324 e. The van der Waals surface area contributed by atoms with E-state index in [0.29, 0.717) is 11.5 Å². The molecule has 0 aromatic heterocycles. The first-order valence-electron chi connectivity index (χ1n) is 5.21. The van der Waals surface area contributed by atoms with Crippen LogP contribution in [0.15, 0.2) is 18.2 Å². The number of hydrogen-bond acceptors (Lipinski definition) is 1. The van der Waals surface area contributed by atoms with Crippen molar-refractivity contribution in [2.24, 2.45) is 11.7 Å². The van der Waals surface area contributed by atoms with Gasteiger partial charge in [-0.25, -0.2) is 8.78 Å². The standard InChI is InChI=1S/C12H17F2N/c1-8(2)3-6-12(15)10-5-4-9(13)7-11(10)14/h4-5,7-8,12H,3,6,15H2,1-2H3. The fraction of sp³-hybridized carbons (Fsp3) is 0.500. The molecule has 0 spiro atoms. The van der Waals surface area contributed by atoms with Crippen molar-refractivity contribution >= 4 is 0 Å². The summed E-state index contributed by atoms with van der Waals surface area (Å²) < 4.78 is 25.9. The van der Waals surface area contributed by atoms with Gasteiger partial charge in [-0.1, -0.05) is 19.9 Å². The number of nitrogens with two attached hydrogens (primary N) is 1. The van der Waals surface area contributed by atoms with Crippen LogP contribution in [0.25, 0.3) is 0 Å². The molecule has 1 aromatic rings. The third-order valence-corrected chi connectivity index (χ3v) is 2.42. The highest BCUT2D eigenvalue weighted by molar-refractivity contribution is 5.21. The van der Waals surface area contributed by atoms with Crippen LogP contribution < -0.4 is 5.73 Å². The van der Waals surface area contributed by atoms with Crippen LogP contribution in [0.3, 0.4) is 0 Å². The van der Waals surface area contributed by atoms with E-state index in [4.69, 9.17) is 5.73 Å². The first-order valence-corrected chi connectivity index (χ1v) is 5.21. The summed E-state index contributed by atoms with van der Waals surface area (Å²) in [6, 6.07) is 3.21. The third-order valence-electron chi connectivity index (χ3n) is 2.42. The van der Waals surface area contributed by atoms with Crippen LogP contribution in [-0.4, -0.2) is 0 Å². The second kappa shape index (κ2) is 5.21. The van der Waals surface area contributed by atoms with Crippen LogP contribution in [0.4, 0.5) is 8.78 Å². The van der Waals surface area contributed by atoms with Gasteiger partial charge in [-0.15, -0.1) is 0 Å². The lowest BCUT2D eigenvalue weighted by Gasteiger charge is -2.14. The van der Waals surface area contributed by atoms with E-state index < -0.39 is 11.6 Å². The van der Waals surface area contributed by atoms with Crippen molar-refractivity contribution in [2.45, 2.75) is 32.7 Å². The molecule has 2 N–H and O–H groups in total. The summed E-state index contributed by atoms with van der Waals surface area (Å²) in [5, 5.41) is 0. The van der Waals surface area contributed by atoms with Crippen LogP contribution in [0, 0.1) is 17.6 Å². The van der Waals surface area contributed by atoms with Gasteiger partial charge in [0.25, 0.3) is 0 Å². The van der Waals surface area contributed by atoms with Gasteiger partial charge in [0, 0.05) is 17.7 Å². The molecule has 15 heavy (non-hydrogen) atoms. The summed E-state index contributed by atoms with van der Waals surface area (Å²) in [5.74, 6) is -0.571. The Labute approximate surface area is 89.3 Å². The molecule has 1 atom stereocenters.